The predicted octanol–water partition coefficient (Wildman–Crippen LogP) is 4.50. The minimum atomic E-state index is -0.387. The van der Waals surface area contributed by atoms with E-state index in [1.807, 2.05) is 42.5 Å². The van der Waals surface area contributed by atoms with E-state index in [4.69, 9.17) is 4.74 Å². The van der Waals surface area contributed by atoms with Gasteiger partial charge in [0.15, 0.2) is 0 Å². The molecule has 1 saturated heterocycles. The van der Waals surface area contributed by atoms with Crippen LogP contribution in [0.25, 0.3) is 16.7 Å². The van der Waals surface area contributed by atoms with Crippen LogP contribution in [0.1, 0.15) is 41.6 Å². The molecule has 3 aromatic rings. The SMILES string of the molecule is C=C(O)c1ccc(Cn2c3c(c4cc(OCCC)ccc42)C2CN(C3)C(=O)N(C)C2=O)cc1. The van der Waals surface area contributed by atoms with Crippen molar-refractivity contribution in [1.82, 2.24) is 14.4 Å². The molecule has 5 rings (SSSR count). The van der Waals surface area contributed by atoms with Gasteiger partial charge in [-0.1, -0.05) is 37.8 Å². The van der Waals surface area contributed by atoms with Gasteiger partial charge in [0.2, 0.25) is 5.91 Å². The number of urea groups is 1. The highest BCUT2D eigenvalue weighted by Gasteiger charge is 2.44. The highest BCUT2D eigenvalue weighted by Crippen LogP contribution is 2.41. The number of likely N-dealkylation sites (N-methyl/N-ethyl adjacent to an activating group) is 1. The van der Waals surface area contributed by atoms with E-state index >= 15 is 0 Å². The van der Waals surface area contributed by atoms with Crippen molar-refractivity contribution in [3.63, 3.8) is 0 Å². The smallest absolute Gasteiger partial charge is 0.326 e. The third kappa shape index (κ3) is 3.44. The zero-order valence-corrected chi connectivity index (χ0v) is 18.9. The van der Waals surface area contributed by atoms with Crippen LogP contribution in [-0.2, 0) is 17.9 Å². The van der Waals surface area contributed by atoms with Crippen molar-refractivity contribution in [2.45, 2.75) is 32.4 Å². The standard InChI is InChI=1S/C26H27N3O4/c1-4-11-33-19-9-10-22-20(12-19)24-21-14-28(26(32)27(3)25(21)31)15-23(24)29(22)13-17-5-7-18(8-6-17)16(2)30/h5-10,12,21,30H,2,4,11,13-15H2,1,3H3. The fourth-order valence-corrected chi connectivity index (χ4v) is 4.89. The second-order valence-electron chi connectivity index (χ2n) is 8.73. The van der Waals surface area contributed by atoms with E-state index in [2.05, 4.69) is 18.1 Å². The molecule has 2 aromatic carbocycles. The highest BCUT2D eigenvalue weighted by atomic mass is 16.5. The van der Waals surface area contributed by atoms with Crippen LogP contribution in [0, 0.1) is 0 Å². The fourth-order valence-electron chi connectivity index (χ4n) is 4.89. The molecule has 0 aliphatic carbocycles. The summed E-state index contributed by atoms with van der Waals surface area (Å²) in [6, 6.07) is 13.4. The predicted molar refractivity (Wildman–Crippen MR) is 126 cm³/mol. The fraction of sp³-hybridized carbons (Fsp3) is 0.308. The van der Waals surface area contributed by atoms with E-state index in [0.29, 0.717) is 31.8 Å². The molecule has 3 heterocycles. The number of aliphatic hydroxyl groups excluding tert-OH is 1. The molecule has 2 bridgehead atoms. The maximum absolute atomic E-state index is 13.1. The van der Waals surface area contributed by atoms with Crippen molar-refractivity contribution in [2.75, 3.05) is 20.2 Å². The summed E-state index contributed by atoms with van der Waals surface area (Å²) in [6.45, 7) is 7.71. The van der Waals surface area contributed by atoms with Crippen LogP contribution >= 0.6 is 0 Å². The molecule has 7 nitrogen and oxygen atoms in total. The van der Waals surface area contributed by atoms with Crippen molar-refractivity contribution < 1.29 is 19.4 Å². The summed E-state index contributed by atoms with van der Waals surface area (Å²) in [5, 5.41) is 10.6. The Kier molecular flexibility index (Phi) is 5.12. The molecule has 1 N–H and O–H groups in total. The number of amides is 3. The van der Waals surface area contributed by atoms with Crippen molar-refractivity contribution in [3.05, 3.63) is 71.4 Å². The van der Waals surface area contributed by atoms with E-state index in [1.165, 1.54) is 4.90 Å². The summed E-state index contributed by atoms with van der Waals surface area (Å²) in [4.78, 5) is 28.8. The third-order valence-electron chi connectivity index (χ3n) is 6.56. The number of hydrogen-bond acceptors (Lipinski definition) is 4. The molecule has 2 aliphatic heterocycles. The van der Waals surface area contributed by atoms with Gasteiger partial charge in [0.25, 0.3) is 0 Å². The van der Waals surface area contributed by atoms with Crippen LogP contribution in [0.5, 0.6) is 5.75 Å². The van der Waals surface area contributed by atoms with Crippen molar-refractivity contribution >= 4 is 28.6 Å². The van der Waals surface area contributed by atoms with Crippen LogP contribution in [-0.4, -0.2) is 51.6 Å². The lowest BCUT2D eigenvalue weighted by atomic mass is 9.89. The number of ether oxygens (including phenoxy) is 1. The van der Waals surface area contributed by atoms with Crippen molar-refractivity contribution in [2.24, 2.45) is 0 Å². The Morgan fingerprint density at radius 3 is 2.64 bits per heavy atom. The maximum atomic E-state index is 13.1. The number of aliphatic hydroxyl groups is 1. The Morgan fingerprint density at radius 2 is 1.94 bits per heavy atom. The molecule has 2 aliphatic rings. The molecule has 0 saturated carbocycles. The number of fused-ring (bicyclic) bond motifs is 6. The van der Waals surface area contributed by atoms with Gasteiger partial charge in [0.05, 0.1) is 19.1 Å². The number of hydrogen-bond donors (Lipinski definition) is 1. The average Bonchev–Trinajstić information content (AvgIpc) is 3.13. The lowest BCUT2D eigenvalue weighted by Crippen LogP contribution is -2.56. The monoisotopic (exact) mass is 445 g/mol. The molecular formula is C26H27N3O4. The molecule has 1 atom stereocenters. The van der Waals surface area contributed by atoms with Gasteiger partial charge < -0.3 is 19.3 Å². The Bertz CT molecular complexity index is 1270. The quantitative estimate of drug-likeness (QED) is 0.567. The number of benzene rings is 2. The zero-order valence-electron chi connectivity index (χ0n) is 18.9. The molecule has 0 radical (unpaired) electrons. The first-order chi connectivity index (χ1) is 15.9. The second-order valence-corrected chi connectivity index (χ2v) is 8.73. The minimum absolute atomic E-state index is 0.0340. The molecule has 0 spiro atoms. The highest BCUT2D eigenvalue weighted by molar-refractivity contribution is 6.04. The van der Waals surface area contributed by atoms with Gasteiger partial charge in [0.1, 0.15) is 11.5 Å². The molecule has 3 amide bonds. The molecule has 1 aromatic heterocycles. The maximum Gasteiger partial charge on any atom is 0.326 e. The first kappa shape index (κ1) is 21.1. The largest absolute Gasteiger partial charge is 0.508 e. The van der Waals surface area contributed by atoms with Crippen molar-refractivity contribution in [3.8, 4) is 5.75 Å². The minimum Gasteiger partial charge on any atom is -0.508 e. The Morgan fingerprint density at radius 1 is 1.18 bits per heavy atom. The third-order valence-corrected chi connectivity index (χ3v) is 6.56. The average molecular weight is 446 g/mol. The van der Waals surface area contributed by atoms with Crippen LogP contribution in [0.15, 0.2) is 49.0 Å². The van der Waals surface area contributed by atoms with E-state index in [0.717, 1.165) is 39.9 Å². The van der Waals surface area contributed by atoms with E-state index in [1.54, 1.807) is 11.9 Å². The molecular weight excluding hydrogens is 418 g/mol. The van der Waals surface area contributed by atoms with Crippen LogP contribution in [0.3, 0.4) is 0 Å². The van der Waals surface area contributed by atoms with Gasteiger partial charge in [-0.25, -0.2) is 4.79 Å². The van der Waals surface area contributed by atoms with Gasteiger partial charge in [-0.2, -0.15) is 0 Å². The molecule has 33 heavy (non-hydrogen) atoms. The van der Waals surface area contributed by atoms with Gasteiger partial charge in [-0.3, -0.25) is 9.69 Å². The molecule has 1 fully saturated rings. The summed E-state index contributed by atoms with van der Waals surface area (Å²) < 4.78 is 8.08. The van der Waals surface area contributed by atoms with Crippen LogP contribution in [0.4, 0.5) is 4.79 Å². The number of nitrogens with zero attached hydrogens (tertiary/aromatic N) is 3. The summed E-state index contributed by atoms with van der Waals surface area (Å²) in [5.74, 6) is 0.264. The molecule has 7 heteroatoms. The Balaban J connectivity index is 1.65. The first-order valence-electron chi connectivity index (χ1n) is 11.2. The number of carbonyl (C=O) groups excluding carboxylic acids is 2. The number of carbonyl (C=O) groups is 2. The lowest BCUT2D eigenvalue weighted by Gasteiger charge is -2.41. The number of imide groups is 1. The van der Waals surface area contributed by atoms with Crippen molar-refractivity contribution in [1.29, 1.82) is 0 Å². The lowest BCUT2D eigenvalue weighted by molar-refractivity contribution is -0.132. The normalized spacial score (nSPS) is 17.5. The van der Waals surface area contributed by atoms with Gasteiger partial charge in [0, 0.05) is 42.3 Å². The summed E-state index contributed by atoms with van der Waals surface area (Å²) >= 11 is 0. The molecule has 1 unspecified atom stereocenters. The van der Waals surface area contributed by atoms with Crippen LogP contribution < -0.4 is 4.74 Å². The summed E-state index contributed by atoms with van der Waals surface area (Å²) in [6.07, 6.45) is 0.913. The van der Waals surface area contributed by atoms with E-state index in [9.17, 15) is 14.7 Å². The zero-order chi connectivity index (χ0) is 23.3. The van der Waals surface area contributed by atoms with E-state index in [-0.39, 0.29) is 23.6 Å². The van der Waals surface area contributed by atoms with Gasteiger partial charge >= 0.3 is 6.03 Å². The first-order valence-corrected chi connectivity index (χ1v) is 11.2. The Hall–Kier alpha value is -3.74. The second kappa shape index (κ2) is 7.99. The van der Waals surface area contributed by atoms with Gasteiger partial charge in [-0.15, -0.1) is 0 Å². The summed E-state index contributed by atoms with van der Waals surface area (Å²) in [7, 11) is 1.56. The molecule has 170 valence electrons. The summed E-state index contributed by atoms with van der Waals surface area (Å²) in [5.41, 5.74) is 4.71. The Labute approximate surface area is 192 Å². The topological polar surface area (TPSA) is 75.0 Å². The number of rotatable bonds is 6. The number of aromatic nitrogens is 1. The van der Waals surface area contributed by atoms with Crippen LogP contribution in [0.2, 0.25) is 0 Å². The van der Waals surface area contributed by atoms with Gasteiger partial charge in [-0.05, 0) is 35.7 Å². The van der Waals surface area contributed by atoms with E-state index < -0.39 is 0 Å².